The molecule has 0 heterocycles. The summed E-state index contributed by atoms with van der Waals surface area (Å²) in [5, 5.41) is 11.3. The molecule has 0 radical (unpaired) electrons. The second-order valence-electron chi connectivity index (χ2n) is 1.35. The second kappa shape index (κ2) is 3.68. The molecule has 0 amide bonds. The van der Waals surface area contributed by atoms with Crippen LogP contribution in [-0.2, 0) is 0 Å². The Kier molecular flexibility index (Phi) is 3.42. The number of rotatable bonds is 3. The van der Waals surface area contributed by atoms with Gasteiger partial charge in [0.25, 0.3) is 0 Å². The van der Waals surface area contributed by atoms with Crippen molar-refractivity contribution in [2.45, 2.75) is 6.92 Å². The fourth-order valence-electron chi connectivity index (χ4n) is 0.269. The minimum absolute atomic E-state index is 0.196. The molecular weight excluding hydrogens is 90.1 g/mol. The van der Waals surface area contributed by atoms with Crippen LogP contribution in [0.4, 0.5) is 0 Å². The van der Waals surface area contributed by atoms with Gasteiger partial charge in [0.15, 0.2) is 0 Å². The van der Waals surface area contributed by atoms with Gasteiger partial charge in [-0.25, -0.2) is 0 Å². The molecule has 0 aromatic rings. The first-order chi connectivity index (χ1) is 3.27. The first-order valence-corrected chi connectivity index (χ1v) is 2.34. The molecule has 0 bridgehead atoms. The Bertz CT molecular complexity index is 61.1. The lowest BCUT2D eigenvalue weighted by atomic mass is 10.5. The smallest absolute Gasteiger partial charge is 0.0988 e. The van der Waals surface area contributed by atoms with E-state index in [9.17, 15) is 0 Å². The maximum atomic E-state index is 8.43. The molecule has 0 aliphatic carbocycles. The van der Waals surface area contributed by atoms with Crippen molar-refractivity contribution < 1.29 is 5.11 Å². The van der Waals surface area contributed by atoms with Crippen LogP contribution in [0.5, 0.6) is 0 Å². The maximum absolute atomic E-state index is 8.43. The molecule has 42 valence electrons. The van der Waals surface area contributed by atoms with Gasteiger partial charge in [-0.15, -0.1) is 0 Å². The SMILES string of the molecule is C=C(O)CNCC. The van der Waals surface area contributed by atoms with E-state index < -0.39 is 0 Å². The van der Waals surface area contributed by atoms with Crippen LogP contribution in [0.3, 0.4) is 0 Å². The van der Waals surface area contributed by atoms with Crippen molar-refractivity contribution in [3.63, 3.8) is 0 Å². The number of aliphatic hydroxyl groups excluding tert-OH is 1. The minimum atomic E-state index is 0.196. The zero-order chi connectivity index (χ0) is 5.70. The predicted molar refractivity (Wildman–Crippen MR) is 30.3 cm³/mol. The van der Waals surface area contributed by atoms with Crippen LogP contribution in [0.2, 0.25) is 0 Å². The van der Waals surface area contributed by atoms with Crippen molar-refractivity contribution in [2.75, 3.05) is 13.1 Å². The fraction of sp³-hybridized carbons (Fsp3) is 0.600. The summed E-state index contributed by atoms with van der Waals surface area (Å²) in [6, 6.07) is 0. The van der Waals surface area contributed by atoms with Crippen molar-refractivity contribution in [1.82, 2.24) is 5.32 Å². The van der Waals surface area contributed by atoms with Crippen LogP contribution in [0.15, 0.2) is 12.3 Å². The first kappa shape index (κ1) is 6.50. The van der Waals surface area contributed by atoms with E-state index in [1.807, 2.05) is 6.92 Å². The summed E-state index contributed by atoms with van der Waals surface area (Å²) >= 11 is 0. The normalized spacial score (nSPS) is 8.71. The van der Waals surface area contributed by atoms with E-state index in [1.165, 1.54) is 0 Å². The van der Waals surface area contributed by atoms with Gasteiger partial charge in [-0.3, -0.25) is 0 Å². The van der Waals surface area contributed by atoms with Crippen LogP contribution in [-0.4, -0.2) is 18.2 Å². The molecule has 0 unspecified atom stereocenters. The molecule has 0 rings (SSSR count). The van der Waals surface area contributed by atoms with Gasteiger partial charge in [0.2, 0.25) is 0 Å². The molecule has 0 fully saturated rings. The molecular formula is C5H11NO. The standard InChI is InChI=1S/C5H11NO/c1-3-6-4-5(2)7/h6-7H,2-4H2,1H3. The van der Waals surface area contributed by atoms with Crippen molar-refractivity contribution in [2.24, 2.45) is 0 Å². The van der Waals surface area contributed by atoms with E-state index in [4.69, 9.17) is 5.11 Å². The average Bonchev–Trinajstić information content (AvgIpc) is 1.61. The fourth-order valence-corrected chi connectivity index (χ4v) is 0.269. The third-order valence-corrected chi connectivity index (χ3v) is 0.579. The van der Waals surface area contributed by atoms with Crippen molar-refractivity contribution in [3.05, 3.63) is 12.3 Å². The average molecular weight is 101 g/mol. The van der Waals surface area contributed by atoms with Crippen LogP contribution in [0.25, 0.3) is 0 Å². The number of aliphatic hydroxyl groups is 1. The van der Waals surface area contributed by atoms with E-state index >= 15 is 0 Å². The summed E-state index contributed by atoms with van der Waals surface area (Å²) in [6.45, 7) is 6.65. The van der Waals surface area contributed by atoms with Gasteiger partial charge in [-0.1, -0.05) is 13.5 Å². The lowest BCUT2D eigenvalue weighted by Crippen LogP contribution is -2.15. The Hall–Kier alpha value is -0.500. The van der Waals surface area contributed by atoms with E-state index in [0.29, 0.717) is 6.54 Å². The summed E-state index contributed by atoms with van der Waals surface area (Å²) in [4.78, 5) is 0. The van der Waals surface area contributed by atoms with E-state index in [0.717, 1.165) is 6.54 Å². The van der Waals surface area contributed by atoms with Crippen molar-refractivity contribution in [3.8, 4) is 0 Å². The van der Waals surface area contributed by atoms with Crippen LogP contribution in [0.1, 0.15) is 6.92 Å². The topological polar surface area (TPSA) is 32.3 Å². The number of hydrogen-bond acceptors (Lipinski definition) is 2. The largest absolute Gasteiger partial charge is 0.512 e. The van der Waals surface area contributed by atoms with Gasteiger partial charge < -0.3 is 10.4 Å². The molecule has 0 spiro atoms. The molecule has 2 N–H and O–H groups in total. The number of hydrogen-bond donors (Lipinski definition) is 2. The van der Waals surface area contributed by atoms with Crippen LogP contribution < -0.4 is 5.32 Å². The Labute approximate surface area is 43.9 Å². The van der Waals surface area contributed by atoms with Crippen molar-refractivity contribution in [1.29, 1.82) is 0 Å². The van der Waals surface area contributed by atoms with Crippen LogP contribution >= 0.6 is 0 Å². The highest BCUT2D eigenvalue weighted by atomic mass is 16.3. The van der Waals surface area contributed by atoms with E-state index in [1.54, 1.807) is 0 Å². The monoisotopic (exact) mass is 101 g/mol. The van der Waals surface area contributed by atoms with Gasteiger partial charge >= 0.3 is 0 Å². The lowest BCUT2D eigenvalue weighted by molar-refractivity contribution is 0.393. The highest BCUT2D eigenvalue weighted by Crippen LogP contribution is 1.73. The highest BCUT2D eigenvalue weighted by Gasteiger charge is 1.81. The number of nitrogens with one attached hydrogen (secondary N) is 1. The zero-order valence-electron chi connectivity index (χ0n) is 4.57. The van der Waals surface area contributed by atoms with Crippen molar-refractivity contribution >= 4 is 0 Å². The Morgan fingerprint density at radius 3 is 2.57 bits per heavy atom. The van der Waals surface area contributed by atoms with Gasteiger partial charge in [0, 0.05) is 0 Å². The summed E-state index contributed by atoms with van der Waals surface area (Å²) < 4.78 is 0. The molecule has 0 atom stereocenters. The van der Waals surface area contributed by atoms with E-state index in [-0.39, 0.29) is 5.76 Å². The molecule has 7 heavy (non-hydrogen) atoms. The minimum Gasteiger partial charge on any atom is -0.512 e. The zero-order valence-corrected chi connectivity index (χ0v) is 4.57. The molecule has 0 aliphatic rings. The first-order valence-electron chi connectivity index (χ1n) is 2.34. The summed E-state index contributed by atoms with van der Waals surface area (Å²) in [7, 11) is 0. The van der Waals surface area contributed by atoms with Gasteiger partial charge in [0.05, 0.1) is 12.3 Å². The quantitative estimate of drug-likeness (QED) is 0.512. The third-order valence-electron chi connectivity index (χ3n) is 0.579. The van der Waals surface area contributed by atoms with E-state index in [2.05, 4.69) is 11.9 Å². The highest BCUT2D eigenvalue weighted by molar-refractivity contribution is 4.80. The second-order valence-corrected chi connectivity index (χ2v) is 1.35. The molecule has 0 saturated carbocycles. The lowest BCUT2D eigenvalue weighted by Gasteiger charge is -1.95. The van der Waals surface area contributed by atoms with Gasteiger partial charge in [-0.2, -0.15) is 0 Å². The molecule has 2 nitrogen and oxygen atoms in total. The summed E-state index contributed by atoms with van der Waals surface area (Å²) in [6.07, 6.45) is 0. The Balaban J connectivity index is 2.82. The van der Waals surface area contributed by atoms with Gasteiger partial charge in [0.1, 0.15) is 0 Å². The Morgan fingerprint density at radius 1 is 1.86 bits per heavy atom. The molecule has 0 aromatic carbocycles. The third kappa shape index (κ3) is 5.50. The van der Waals surface area contributed by atoms with Gasteiger partial charge in [-0.05, 0) is 6.54 Å². The molecule has 0 aliphatic heterocycles. The maximum Gasteiger partial charge on any atom is 0.0988 e. The molecule has 0 aromatic heterocycles. The molecule has 0 saturated heterocycles. The van der Waals surface area contributed by atoms with Crippen LogP contribution in [0, 0.1) is 0 Å². The summed E-state index contributed by atoms with van der Waals surface area (Å²) in [5.41, 5.74) is 0. The Morgan fingerprint density at radius 2 is 2.43 bits per heavy atom. The molecule has 2 heteroatoms. The summed E-state index contributed by atoms with van der Waals surface area (Å²) in [5.74, 6) is 0.196. The number of likely N-dealkylation sites (N-methyl/N-ethyl adjacent to an activating group) is 1. The predicted octanol–water partition coefficient (Wildman–Crippen LogP) is 0.668.